The number of hydrogen-bond donors (Lipinski definition) is 2. The van der Waals surface area contributed by atoms with E-state index in [1.807, 2.05) is 25.1 Å². The van der Waals surface area contributed by atoms with Gasteiger partial charge in [0.25, 0.3) is 0 Å². The van der Waals surface area contributed by atoms with Crippen LogP contribution >= 0.6 is 0 Å². The quantitative estimate of drug-likeness (QED) is 0.878. The zero-order valence-corrected chi connectivity index (χ0v) is 14.2. The third-order valence-electron chi connectivity index (χ3n) is 4.61. The monoisotopic (exact) mass is 328 g/mol. The van der Waals surface area contributed by atoms with Gasteiger partial charge in [0, 0.05) is 42.5 Å². The van der Waals surface area contributed by atoms with Crippen molar-refractivity contribution in [1.82, 2.24) is 9.97 Å². The predicted octanol–water partition coefficient (Wildman–Crippen LogP) is 2.54. The van der Waals surface area contributed by atoms with E-state index in [0.29, 0.717) is 0 Å². The molecule has 0 spiro atoms. The Kier molecular flexibility index (Phi) is 4.85. The van der Waals surface area contributed by atoms with E-state index >= 15 is 0 Å². The second-order valence-electron chi connectivity index (χ2n) is 6.20. The normalized spacial score (nSPS) is 16.6. The number of methoxy groups -OCH3 is 1. The highest BCUT2D eigenvalue weighted by Crippen LogP contribution is 2.39. The summed E-state index contributed by atoms with van der Waals surface area (Å²) < 4.78 is 11.2. The number of anilines is 2. The Hall–Kier alpha value is -2.34. The van der Waals surface area contributed by atoms with E-state index in [9.17, 15) is 0 Å². The van der Waals surface area contributed by atoms with Crippen LogP contribution in [0.3, 0.4) is 0 Å². The molecule has 1 aromatic carbocycles. The second kappa shape index (κ2) is 7.05. The molecule has 2 aromatic rings. The summed E-state index contributed by atoms with van der Waals surface area (Å²) in [6.45, 7) is 4.13. The van der Waals surface area contributed by atoms with Gasteiger partial charge in [-0.3, -0.25) is 0 Å². The molecular formula is C18H24N4O2. The van der Waals surface area contributed by atoms with Crippen LogP contribution < -0.4 is 15.8 Å². The fourth-order valence-electron chi connectivity index (χ4n) is 3.33. The summed E-state index contributed by atoms with van der Waals surface area (Å²) in [6, 6.07) is 10.1. The van der Waals surface area contributed by atoms with Crippen molar-refractivity contribution in [1.29, 1.82) is 0 Å². The zero-order chi connectivity index (χ0) is 17.0. The van der Waals surface area contributed by atoms with E-state index in [0.717, 1.165) is 49.9 Å². The van der Waals surface area contributed by atoms with Crippen LogP contribution in [-0.2, 0) is 10.2 Å². The summed E-state index contributed by atoms with van der Waals surface area (Å²) in [4.78, 5) is 8.40. The number of aromatic nitrogens is 2. The molecule has 128 valence electrons. The van der Waals surface area contributed by atoms with Crippen molar-refractivity contribution in [2.24, 2.45) is 0 Å². The molecule has 1 aliphatic rings. The average molecular weight is 328 g/mol. The fraction of sp³-hybridized carbons (Fsp3) is 0.444. The molecule has 1 aliphatic heterocycles. The van der Waals surface area contributed by atoms with E-state index in [1.54, 1.807) is 7.11 Å². The molecule has 24 heavy (non-hydrogen) atoms. The van der Waals surface area contributed by atoms with Crippen LogP contribution in [0.15, 0.2) is 30.3 Å². The van der Waals surface area contributed by atoms with E-state index in [4.69, 9.17) is 15.2 Å². The number of rotatable bonds is 5. The van der Waals surface area contributed by atoms with Crippen molar-refractivity contribution < 1.29 is 9.47 Å². The Labute approximate surface area is 142 Å². The van der Waals surface area contributed by atoms with Crippen molar-refractivity contribution in [3.8, 4) is 5.75 Å². The third-order valence-corrected chi connectivity index (χ3v) is 4.61. The number of benzene rings is 1. The summed E-state index contributed by atoms with van der Waals surface area (Å²) in [5.74, 6) is 1.95. The maximum atomic E-state index is 5.76. The van der Waals surface area contributed by atoms with Crippen LogP contribution in [-0.4, -0.2) is 36.8 Å². The molecule has 1 fully saturated rings. The highest BCUT2D eigenvalue weighted by atomic mass is 16.5. The van der Waals surface area contributed by atoms with E-state index in [1.165, 1.54) is 5.56 Å². The Bertz CT molecular complexity index is 679. The smallest absolute Gasteiger partial charge is 0.222 e. The van der Waals surface area contributed by atoms with Gasteiger partial charge in [0.05, 0.1) is 7.11 Å². The number of nitrogens with one attached hydrogen (secondary N) is 1. The van der Waals surface area contributed by atoms with E-state index in [2.05, 4.69) is 27.4 Å². The maximum Gasteiger partial charge on any atom is 0.222 e. The maximum absolute atomic E-state index is 5.76. The molecule has 0 saturated carbocycles. The number of aryl methyl sites for hydroxylation is 1. The van der Waals surface area contributed by atoms with Gasteiger partial charge in [0.15, 0.2) is 0 Å². The number of ether oxygens (including phenoxy) is 2. The first kappa shape index (κ1) is 16.5. The van der Waals surface area contributed by atoms with Crippen LogP contribution in [0.1, 0.15) is 24.1 Å². The van der Waals surface area contributed by atoms with Gasteiger partial charge >= 0.3 is 0 Å². The minimum absolute atomic E-state index is 0.0571. The average Bonchev–Trinajstić information content (AvgIpc) is 2.60. The molecule has 6 nitrogen and oxygen atoms in total. The Morgan fingerprint density at radius 1 is 1.25 bits per heavy atom. The first-order valence-corrected chi connectivity index (χ1v) is 8.19. The lowest BCUT2D eigenvalue weighted by molar-refractivity contribution is 0.0535. The summed E-state index contributed by atoms with van der Waals surface area (Å²) in [7, 11) is 1.72. The number of nitrogen functional groups attached to an aromatic ring is 1. The van der Waals surface area contributed by atoms with Crippen LogP contribution in [0, 0.1) is 6.92 Å². The predicted molar refractivity (Wildman–Crippen MR) is 94.4 cm³/mol. The van der Waals surface area contributed by atoms with Gasteiger partial charge in [-0.05, 0) is 25.8 Å². The minimum Gasteiger partial charge on any atom is -0.496 e. The number of nitrogens with two attached hydrogens (primary N) is 1. The van der Waals surface area contributed by atoms with Crippen LogP contribution in [0.2, 0.25) is 0 Å². The third kappa shape index (κ3) is 3.43. The largest absolute Gasteiger partial charge is 0.496 e. The van der Waals surface area contributed by atoms with Gasteiger partial charge in [-0.2, -0.15) is 4.98 Å². The van der Waals surface area contributed by atoms with Gasteiger partial charge in [-0.1, -0.05) is 18.2 Å². The Morgan fingerprint density at radius 3 is 2.71 bits per heavy atom. The van der Waals surface area contributed by atoms with Gasteiger partial charge in [-0.15, -0.1) is 0 Å². The lowest BCUT2D eigenvalue weighted by Gasteiger charge is -2.38. The number of para-hydroxylation sites is 1. The zero-order valence-electron chi connectivity index (χ0n) is 14.2. The van der Waals surface area contributed by atoms with Crippen molar-refractivity contribution in [2.75, 3.05) is 37.9 Å². The number of hydrogen-bond acceptors (Lipinski definition) is 6. The highest BCUT2D eigenvalue weighted by Gasteiger charge is 2.36. The standard InChI is InChI=1S/C18H24N4O2/c1-13-11-16(22-17(19)21-13)20-12-18(7-9-24-10-8-18)14-5-3-4-6-15(14)23-2/h3-6,11H,7-10,12H2,1-2H3,(H3,19,20,21,22). The molecule has 1 aromatic heterocycles. The topological polar surface area (TPSA) is 82.3 Å². The summed E-state index contributed by atoms with van der Waals surface area (Å²) in [6.07, 6.45) is 1.86. The fourth-order valence-corrected chi connectivity index (χ4v) is 3.33. The minimum atomic E-state index is -0.0571. The molecular weight excluding hydrogens is 304 g/mol. The highest BCUT2D eigenvalue weighted by molar-refractivity contribution is 5.45. The van der Waals surface area contributed by atoms with Crippen LogP contribution in [0.25, 0.3) is 0 Å². The first-order valence-electron chi connectivity index (χ1n) is 8.19. The van der Waals surface area contributed by atoms with Crippen LogP contribution in [0.5, 0.6) is 5.75 Å². The molecule has 0 unspecified atom stereocenters. The molecule has 3 N–H and O–H groups in total. The summed E-state index contributed by atoms with van der Waals surface area (Å²) >= 11 is 0. The Balaban J connectivity index is 1.89. The Morgan fingerprint density at radius 2 is 2.00 bits per heavy atom. The van der Waals surface area contributed by atoms with Crippen molar-refractivity contribution in [3.63, 3.8) is 0 Å². The van der Waals surface area contributed by atoms with Crippen molar-refractivity contribution in [3.05, 3.63) is 41.6 Å². The summed E-state index contributed by atoms with van der Waals surface area (Å²) in [5.41, 5.74) is 7.76. The van der Waals surface area contributed by atoms with Gasteiger partial charge < -0.3 is 20.5 Å². The lowest BCUT2D eigenvalue weighted by atomic mass is 9.73. The molecule has 0 radical (unpaired) electrons. The van der Waals surface area contributed by atoms with Gasteiger partial charge in [-0.25, -0.2) is 4.98 Å². The molecule has 0 atom stereocenters. The van der Waals surface area contributed by atoms with Crippen LogP contribution in [0.4, 0.5) is 11.8 Å². The second-order valence-corrected chi connectivity index (χ2v) is 6.20. The first-order chi connectivity index (χ1) is 11.6. The summed E-state index contributed by atoms with van der Waals surface area (Å²) in [5, 5.41) is 3.44. The van der Waals surface area contributed by atoms with E-state index < -0.39 is 0 Å². The van der Waals surface area contributed by atoms with Crippen molar-refractivity contribution in [2.45, 2.75) is 25.2 Å². The van der Waals surface area contributed by atoms with Gasteiger partial charge in [0.1, 0.15) is 11.6 Å². The van der Waals surface area contributed by atoms with Gasteiger partial charge in [0.2, 0.25) is 5.95 Å². The molecule has 2 heterocycles. The number of nitrogens with zero attached hydrogens (tertiary/aromatic N) is 2. The molecule has 0 amide bonds. The SMILES string of the molecule is COc1ccccc1C1(CNc2cc(C)nc(N)n2)CCOCC1. The van der Waals surface area contributed by atoms with Crippen molar-refractivity contribution >= 4 is 11.8 Å². The molecule has 1 saturated heterocycles. The molecule has 6 heteroatoms. The molecule has 0 aliphatic carbocycles. The van der Waals surface area contributed by atoms with E-state index in [-0.39, 0.29) is 11.4 Å². The lowest BCUT2D eigenvalue weighted by Crippen LogP contribution is -2.40. The molecule has 0 bridgehead atoms. The molecule has 3 rings (SSSR count).